The Morgan fingerprint density at radius 1 is 0.545 bits per heavy atom. The smallest absolute Gasteiger partial charge is 0.411 e. The van der Waals surface area contributed by atoms with E-state index in [-0.39, 0.29) is 39.3 Å². The normalized spacial score (nSPS) is 12.3. The van der Waals surface area contributed by atoms with Gasteiger partial charge in [-0.05, 0) is 35.4 Å². The topological polar surface area (TPSA) is 149 Å². The Labute approximate surface area is 181 Å². The van der Waals surface area contributed by atoms with Crippen LogP contribution in [0.25, 0.3) is 0 Å². The summed E-state index contributed by atoms with van der Waals surface area (Å²) >= 11 is 0. The van der Waals surface area contributed by atoms with Crippen molar-refractivity contribution in [3.63, 3.8) is 0 Å². The van der Waals surface area contributed by atoms with E-state index in [0.717, 1.165) is 0 Å². The molecule has 0 heterocycles. The van der Waals surface area contributed by atoms with E-state index < -0.39 is 75.0 Å². The van der Waals surface area contributed by atoms with E-state index in [0.29, 0.717) is 0 Å². The zero-order valence-corrected chi connectivity index (χ0v) is 15.7. The molecule has 33 heavy (non-hydrogen) atoms. The average Bonchev–Trinajstić information content (AvgIpc) is 2.65. The molecule has 0 aliphatic rings. The maximum atomic E-state index is 14.2. The predicted molar refractivity (Wildman–Crippen MR) is 95.8 cm³/mol. The first-order valence-electron chi connectivity index (χ1n) is 8.32. The number of hydrogen-bond acceptors (Lipinski definition) is 4. The number of carbonyl (C=O) groups is 4. The molecule has 0 aliphatic heterocycles. The van der Waals surface area contributed by atoms with Gasteiger partial charge in [0.25, 0.3) is 0 Å². The van der Waals surface area contributed by atoms with Gasteiger partial charge in [-0.1, -0.05) is 12.1 Å². The minimum Gasteiger partial charge on any atom is -1.00 e. The molecule has 0 aliphatic carbocycles. The largest absolute Gasteiger partial charge is 1.00 e. The van der Waals surface area contributed by atoms with E-state index >= 15 is 0 Å². The summed E-state index contributed by atoms with van der Waals surface area (Å²) in [5.74, 6) is -8.16. The van der Waals surface area contributed by atoms with Crippen molar-refractivity contribution in [2.24, 2.45) is 0 Å². The van der Waals surface area contributed by atoms with Crippen LogP contribution in [0, 0.1) is 0 Å². The van der Waals surface area contributed by atoms with E-state index in [1.165, 1.54) is 0 Å². The Morgan fingerprint density at radius 2 is 0.818 bits per heavy atom. The highest BCUT2D eigenvalue weighted by Crippen LogP contribution is 2.56. The van der Waals surface area contributed by atoms with Gasteiger partial charge in [-0.15, -0.1) is 0 Å². The Balaban J connectivity index is 0.00000578. The van der Waals surface area contributed by atoms with E-state index in [9.17, 15) is 45.5 Å². The van der Waals surface area contributed by atoms with Crippen LogP contribution in [-0.2, 0) is 5.41 Å². The van der Waals surface area contributed by atoms with Crippen LogP contribution in [0.4, 0.5) is 26.3 Å². The van der Waals surface area contributed by atoms with Gasteiger partial charge >= 0.3 is 36.2 Å². The van der Waals surface area contributed by atoms with Gasteiger partial charge in [-0.2, -0.15) is 26.3 Å². The maximum Gasteiger partial charge on any atom is 0.411 e. The SMILES string of the molecule is O=C(O)c1ccc(C(c2ccc(C(=O)O)c(C(=O)O)c2)(C(F)(F)F)C(F)(F)F)cc1C(=O)O.[H-].[H-]. The van der Waals surface area contributed by atoms with E-state index in [1.54, 1.807) is 0 Å². The molecule has 0 unspecified atom stereocenters. The molecule has 14 heteroatoms. The summed E-state index contributed by atoms with van der Waals surface area (Å²) in [5.41, 5.74) is -13.6. The van der Waals surface area contributed by atoms with Gasteiger partial charge in [0.1, 0.15) is 0 Å². The molecule has 2 aromatic carbocycles. The standard InChI is InChI=1S/C19H10F6O8.2H/c20-18(21,22)17(19(23,24)25,7-1-3-9(13(26)27)11(5-7)15(30)31)8-2-4-10(14(28)29)12(6-8)16(32)33;;/h1-6H,(H,26,27)(H,28,29)(H,30,31)(H,32,33);;/q;2*-1. The van der Waals surface area contributed by atoms with Crippen LogP contribution in [0.5, 0.6) is 0 Å². The van der Waals surface area contributed by atoms with E-state index in [1.807, 2.05) is 0 Å². The quantitative estimate of drug-likeness (QED) is 0.450. The molecule has 0 saturated heterocycles. The molecule has 0 spiro atoms. The molecule has 180 valence electrons. The lowest BCUT2D eigenvalue weighted by molar-refractivity contribution is -0.288. The molecule has 0 saturated carbocycles. The van der Waals surface area contributed by atoms with Crippen LogP contribution < -0.4 is 0 Å². The molecule has 8 nitrogen and oxygen atoms in total. The fourth-order valence-corrected chi connectivity index (χ4v) is 3.26. The number of carboxylic acids is 4. The molecule has 0 bridgehead atoms. The van der Waals surface area contributed by atoms with Crippen LogP contribution in [0.15, 0.2) is 36.4 Å². The van der Waals surface area contributed by atoms with Gasteiger partial charge < -0.3 is 23.3 Å². The summed E-state index contributed by atoms with van der Waals surface area (Å²) < 4.78 is 85.1. The molecule has 2 aromatic rings. The van der Waals surface area contributed by atoms with Crippen LogP contribution in [0.2, 0.25) is 0 Å². The third kappa shape index (κ3) is 4.06. The minimum absolute atomic E-state index is 0. The first-order chi connectivity index (χ1) is 15.0. The highest BCUT2D eigenvalue weighted by molar-refractivity contribution is 6.02. The summed E-state index contributed by atoms with van der Waals surface area (Å²) in [4.78, 5) is 45.0. The van der Waals surface area contributed by atoms with Gasteiger partial charge in [-0.25, -0.2) is 19.2 Å². The van der Waals surface area contributed by atoms with Crippen molar-refractivity contribution in [1.82, 2.24) is 0 Å². The summed E-state index contributed by atoms with van der Waals surface area (Å²) in [6.07, 6.45) is -12.5. The lowest BCUT2D eigenvalue weighted by Crippen LogP contribution is -2.55. The first-order valence-corrected chi connectivity index (χ1v) is 8.32. The molecule has 4 N–H and O–H groups in total. The van der Waals surface area contributed by atoms with Crippen molar-refractivity contribution in [1.29, 1.82) is 0 Å². The summed E-state index contributed by atoms with van der Waals surface area (Å²) in [5, 5.41) is 36.2. The Bertz CT molecular complexity index is 1090. The van der Waals surface area contributed by atoms with Crippen LogP contribution in [-0.4, -0.2) is 56.7 Å². The third-order valence-electron chi connectivity index (χ3n) is 4.68. The second-order valence-electron chi connectivity index (χ2n) is 6.49. The highest BCUT2D eigenvalue weighted by Gasteiger charge is 2.72. The molecule has 2 rings (SSSR count). The third-order valence-corrected chi connectivity index (χ3v) is 4.68. The van der Waals surface area contributed by atoms with Gasteiger partial charge in [0.15, 0.2) is 0 Å². The number of aromatic carboxylic acids is 4. The fraction of sp³-hybridized carbons (Fsp3) is 0.158. The van der Waals surface area contributed by atoms with Crippen molar-refractivity contribution < 1.29 is 68.8 Å². The van der Waals surface area contributed by atoms with Crippen molar-refractivity contribution in [2.75, 3.05) is 0 Å². The van der Waals surface area contributed by atoms with Crippen LogP contribution in [0.3, 0.4) is 0 Å². The first kappa shape index (κ1) is 25.2. The van der Waals surface area contributed by atoms with Gasteiger partial charge in [-0.3, -0.25) is 0 Å². The van der Waals surface area contributed by atoms with E-state index in [2.05, 4.69) is 0 Å². The summed E-state index contributed by atoms with van der Waals surface area (Å²) in [6.45, 7) is 0. The number of hydrogen-bond donors (Lipinski definition) is 4. The molecular formula is C19H12F6O8-2. The Kier molecular flexibility index (Phi) is 6.18. The Morgan fingerprint density at radius 3 is 1.03 bits per heavy atom. The molecule has 0 radical (unpaired) electrons. The monoisotopic (exact) mass is 482 g/mol. The number of rotatable bonds is 6. The predicted octanol–water partition coefficient (Wildman–Crippen LogP) is 4.12. The average molecular weight is 482 g/mol. The zero-order valence-electron chi connectivity index (χ0n) is 17.7. The van der Waals surface area contributed by atoms with Gasteiger partial charge in [0.2, 0.25) is 5.41 Å². The minimum atomic E-state index is -6.27. The highest BCUT2D eigenvalue weighted by atomic mass is 19.4. The van der Waals surface area contributed by atoms with Crippen molar-refractivity contribution >= 4 is 23.9 Å². The molecule has 0 aromatic heterocycles. The fourth-order valence-electron chi connectivity index (χ4n) is 3.26. The molecule has 0 amide bonds. The lowest BCUT2D eigenvalue weighted by atomic mass is 9.71. The van der Waals surface area contributed by atoms with E-state index in [4.69, 9.17) is 20.4 Å². The summed E-state index contributed by atoms with van der Waals surface area (Å²) in [7, 11) is 0. The van der Waals surface area contributed by atoms with Crippen LogP contribution >= 0.6 is 0 Å². The zero-order chi connectivity index (χ0) is 25.5. The van der Waals surface area contributed by atoms with Crippen molar-refractivity contribution in [3.05, 3.63) is 69.8 Å². The van der Waals surface area contributed by atoms with Gasteiger partial charge in [0, 0.05) is 0 Å². The second kappa shape index (κ2) is 8.11. The molecule has 0 fully saturated rings. The lowest BCUT2D eigenvalue weighted by Gasteiger charge is -2.38. The molecule has 0 atom stereocenters. The van der Waals surface area contributed by atoms with Gasteiger partial charge in [0.05, 0.1) is 22.3 Å². The second-order valence-corrected chi connectivity index (χ2v) is 6.49. The summed E-state index contributed by atoms with van der Waals surface area (Å²) in [6, 6.07) is 0.412. The number of alkyl halides is 6. The maximum absolute atomic E-state index is 14.2. The number of benzene rings is 2. The molecular weight excluding hydrogens is 470 g/mol. The Hall–Kier alpha value is -4.10. The van der Waals surface area contributed by atoms with Crippen molar-refractivity contribution in [2.45, 2.75) is 17.8 Å². The van der Waals surface area contributed by atoms with Crippen LogP contribution in [0.1, 0.15) is 55.4 Å². The number of halogens is 6. The number of carboxylic acid groups (broad SMARTS) is 4. The van der Waals surface area contributed by atoms with Crippen molar-refractivity contribution in [3.8, 4) is 0 Å².